The number of nitrogens with one attached hydrogen (secondary N) is 3. The number of amides is 3. The van der Waals surface area contributed by atoms with Gasteiger partial charge in [-0.3, -0.25) is 4.79 Å². The maximum absolute atomic E-state index is 13.7. The van der Waals surface area contributed by atoms with E-state index >= 15 is 0 Å². The minimum absolute atomic E-state index is 0.0674. The van der Waals surface area contributed by atoms with Gasteiger partial charge in [0.1, 0.15) is 11.2 Å². The number of carbonyl (C=O) groups is 4. The molecule has 0 bridgehead atoms. The molecule has 85 heavy (non-hydrogen) atoms. The largest absolute Gasteiger partial charge is 0.494 e. The van der Waals surface area contributed by atoms with Crippen LogP contribution in [0.25, 0.3) is 21.5 Å². The average molecular weight is 1160 g/mol. The number of carbonyl (C=O) groups excluding carboxylic acids is 3. The summed E-state index contributed by atoms with van der Waals surface area (Å²) < 4.78 is 35.2. The van der Waals surface area contributed by atoms with E-state index in [1.165, 1.54) is 24.0 Å². The van der Waals surface area contributed by atoms with Crippen LogP contribution >= 0.6 is 0 Å². The highest BCUT2D eigenvalue weighted by molar-refractivity contribution is 6.63. The Morgan fingerprint density at radius 1 is 0.541 bits per heavy atom. The molecule has 6 aromatic carbocycles. The molecule has 452 valence electrons. The summed E-state index contributed by atoms with van der Waals surface area (Å²) in [7, 11) is -0.882. The Morgan fingerprint density at radius 3 is 1.34 bits per heavy atom. The normalized spacial score (nSPS) is 18.4. The van der Waals surface area contributed by atoms with Crippen molar-refractivity contribution >= 4 is 70.8 Å². The summed E-state index contributed by atoms with van der Waals surface area (Å²) in [6.07, 6.45) is 3.37. The van der Waals surface area contributed by atoms with Crippen LogP contribution in [0.4, 0.5) is 9.59 Å². The lowest BCUT2D eigenvalue weighted by Gasteiger charge is -2.32. The van der Waals surface area contributed by atoms with E-state index in [-0.39, 0.29) is 12.0 Å². The molecule has 0 aromatic heterocycles. The molecule has 4 fully saturated rings. The fourth-order valence-electron chi connectivity index (χ4n) is 10.9. The third-order valence-corrected chi connectivity index (χ3v) is 17.0. The molecule has 0 atom stereocenters. The van der Waals surface area contributed by atoms with E-state index in [0.29, 0.717) is 43.6 Å². The van der Waals surface area contributed by atoms with Gasteiger partial charge in [0.05, 0.1) is 28.0 Å². The molecule has 4 N–H and O–H groups in total. The van der Waals surface area contributed by atoms with Crippen molar-refractivity contribution in [2.45, 2.75) is 181 Å². The number of fused-ring (bicyclic) bond motifs is 2. The van der Waals surface area contributed by atoms with Crippen molar-refractivity contribution in [1.82, 2.24) is 20.9 Å². The first-order chi connectivity index (χ1) is 39.9. The van der Waals surface area contributed by atoms with Crippen LogP contribution in [0.2, 0.25) is 0 Å². The third-order valence-electron chi connectivity index (χ3n) is 17.0. The van der Waals surface area contributed by atoms with Gasteiger partial charge in [-0.2, -0.15) is 0 Å². The summed E-state index contributed by atoms with van der Waals surface area (Å²) in [6, 6.07) is 39.8. The summed E-state index contributed by atoms with van der Waals surface area (Å²) in [5, 5.41) is 21.8. The first-order valence-corrected chi connectivity index (χ1v) is 30.0. The van der Waals surface area contributed by atoms with E-state index in [4.69, 9.17) is 28.1 Å². The van der Waals surface area contributed by atoms with E-state index in [9.17, 15) is 24.3 Å². The van der Waals surface area contributed by atoms with Crippen molar-refractivity contribution in [3.8, 4) is 0 Å². The van der Waals surface area contributed by atoms with Crippen molar-refractivity contribution < 1.29 is 52.4 Å². The molecule has 10 rings (SSSR count). The number of hydrogen-bond acceptors (Lipinski definition) is 11. The second kappa shape index (κ2) is 26.1. The predicted molar refractivity (Wildman–Crippen MR) is 338 cm³/mol. The van der Waals surface area contributed by atoms with Crippen LogP contribution in [0, 0.1) is 0 Å². The fourth-order valence-corrected chi connectivity index (χ4v) is 10.9. The minimum atomic E-state index is -0.922. The van der Waals surface area contributed by atoms with Crippen molar-refractivity contribution in [2.75, 3.05) is 26.2 Å². The van der Waals surface area contributed by atoms with Gasteiger partial charge in [0.25, 0.3) is 5.91 Å². The SMILES string of the molecule is CC(C)(C)OC(=O)NCc1cccc(C2CCN(C(=O)c3cccc4cc(B5OC(C)(C)C(C)(C)O5)ccc34)CC2)c1.CC(C)(C)OC(=O)NCc1cccc(C2CCNCC2)c1.CC1(C)OB(c2ccc3c(C(=O)O)cccc3c2)OC1(C)C. The summed E-state index contributed by atoms with van der Waals surface area (Å²) >= 11 is 0. The van der Waals surface area contributed by atoms with Crippen LogP contribution < -0.4 is 26.9 Å². The Labute approximate surface area is 503 Å². The zero-order valence-electron chi connectivity index (χ0n) is 52.4. The molecule has 15 nitrogen and oxygen atoms in total. The summed E-state index contributed by atoms with van der Waals surface area (Å²) in [5.41, 5.74) is 5.06. The number of nitrogens with zero attached hydrogens (tertiary/aromatic N) is 1. The van der Waals surface area contributed by atoms with Crippen molar-refractivity contribution in [3.05, 3.63) is 155 Å². The fraction of sp³-hybridized carbons (Fsp3) is 0.471. The second-order valence-electron chi connectivity index (χ2n) is 26.8. The molecule has 3 amide bonds. The van der Waals surface area contributed by atoms with Crippen LogP contribution in [0.15, 0.2) is 121 Å². The summed E-state index contributed by atoms with van der Waals surface area (Å²) in [4.78, 5) is 50.7. The smallest absolute Gasteiger partial charge is 0.478 e. The molecule has 0 radical (unpaired) electrons. The topological polar surface area (TPSA) is 183 Å². The number of alkyl carbamates (subject to hydrolysis) is 2. The number of carboxylic acid groups (broad SMARTS) is 1. The zero-order chi connectivity index (χ0) is 61.7. The predicted octanol–water partition coefficient (Wildman–Crippen LogP) is 12.2. The first kappa shape index (κ1) is 64.3. The van der Waals surface area contributed by atoms with E-state index in [1.54, 1.807) is 12.1 Å². The number of aromatic carboxylic acids is 1. The van der Waals surface area contributed by atoms with Crippen LogP contribution in [0.1, 0.15) is 177 Å². The number of piperidine rings is 2. The Bertz CT molecular complexity index is 3320. The van der Waals surface area contributed by atoms with Crippen molar-refractivity contribution in [2.24, 2.45) is 0 Å². The van der Waals surface area contributed by atoms with Gasteiger partial charge >= 0.3 is 32.4 Å². The minimum Gasteiger partial charge on any atom is -0.478 e. The quantitative estimate of drug-likeness (QED) is 0.0954. The van der Waals surface area contributed by atoms with Gasteiger partial charge in [-0.1, -0.05) is 109 Å². The first-order valence-electron chi connectivity index (χ1n) is 30.0. The number of rotatable bonds is 10. The molecule has 4 saturated heterocycles. The zero-order valence-corrected chi connectivity index (χ0v) is 52.4. The van der Waals surface area contributed by atoms with E-state index in [2.05, 4.69) is 80.0 Å². The lowest BCUT2D eigenvalue weighted by molar-refractivity contribution is 0.00578. The summed E-state index contributed by atoms with van der Waals surface area (Å²) in [5.74, 6) is 0.143. The lowest BCUT2D eigenvalue weighted by Crippen LogP contribution is -2.41. The van der Waals surface area contributed by atoms with Gasteiger partial charge in [-0.25, -0.2) is 14.4 Å². The molecule has 6 aromatic rings. The highest BCUT2D eigenvalue weighted by Gasteiger charge is 2.53. The van der Waals surface area contributed by atoms with Crippen molar-refractivity contribution in [3.63, 3.8) is 0 Å². The number of likely N-dealkylation sites (tertiary alicyclic amines) is 1. The van der Waals surface area contributed by atoms with Crippen molar-refractivity contribution in [1.29, 1.82) is 0 Å². The maximum Gasteiger partial charge on any atom is 0.494 e. The number of carboxylic acids is 1. The Kier molecular flexibility index (Phi) is 19.7. The number of benzene rings is 6. The van der Waals surface area contributed by atoms with Gasteiger partial charge < -0.3 is 54.0 Å². The van der Waals surface area contributed by atoms with Gasteiger partial charge in [0.15, 0.2) is 0 Å². The van der Waals surface area contributed by atoms with Crippen LogP contribution in [-0.4, -0.2) is 108 Å². The van der Waals surface area contributed by atoms with Gasteiger partial charge in [-0.05, 0) is 214 Å². The summed E-state index contributed by atoms with van der Waals surface area (Å²) in [6.45, 7) is 31.9. The third kappa shape index (κ3) is 16.4. The Hall–Kier alpha value is -6.75. The lowest BCUT2D eigenvalue weighted by atomic mass is 9.78. The maximum atomic E-state index is 13.7. The Morgan fingerprint density at radius 2 is 0.929 bits per heavy atom. The van der Waals surface area contributed by atoms with E-state index in [1.807, 2.05) is 147 Å². The molecule has 0 unspecified atom stereocenters. The number of ether oxygens (including phenoxy) is 2. The molecular formula is C68H88B2N4O11. The highest BCUT2D eigenvalue weighted by atomic mass is 16.7. The Balaban J connectivity index is 0.000000183. The molecule has 4 heterocycles. The average Bonchev–Trinajstić information content (AvgIpc) is 3.52. The molecule has 0 spiro atoms. The molecular weight excluding hydrogens is 1070 g/mol. The van der Waals surface area contributed by atoms with Gasteiger partial charge in [0.2, 0.25) is 0 Å². The van der Waals surface area contributed by atoms with Crippen LogP contribution in [-0.2, 0) is 41.2 Å². The van der Waals surface area contributed by atoms with Crippen LogP contribution in [0.5, 0.6) is 0 Å². The molecule has 0 saturated carbocycles. The molecule has 4 aliphatic heterocycles. The monoisotopic (exact) mass is 1160 g/mol. The standard InChI is InChI=1S/C34H43BN2O5.C17H19BO4.C17H26N2O2/c1-32(2,3)40-31(39)36-22-23-10-8-11-25(20-23)24-16-18-37(19-17-24)30(38)29-13-9-12-26-21-27(14-15-28(26)29)35-41-33(4,5)34(6,7)42-35;1-16(2)17(3,4)22-18(21-16)12-8-9-13-11(10-12)6-5-7-14(13)15(19)20;1-17(2,3)21-16(20)19-12-13-5-4-6-15(11-13)14-7-9-18-10-8-14/h8-15,20-21,24H,16-19,22H2,1-7H3,(H,36,39);5-10H,1-4H3,(H,19,20);4-6,11,14,18H,7-10,12H2,1-3H3,(H,19,20). The van der Waals surface area contributed by atoms with E-state index in [0.717, 1.165) is 75.1 Å². The van der Waals surface area contributed by atoms with Gasteiger partial charge in [-0.15, -0.1) is 0 Å². The molecule has 0 aliphatic carbocycles. The number of hydrogen-bond donors (Lipinski definition) is 4. The molecule has 17 heteroatoms. The molecule has 4 aliphatic rings. The van der Waals surface area contributed by atoms with Crippen LogP contribution in [0.3, 0.4) is 0 Å². The highest BCUT2D eigenvalue weighted by Crippen LogP contribution is 2.39. The van der Waals surface area contributed by atoms with Gasteiger partial charge in [0, 0.05) is 31.7 Å². The second-order valence-corrected chi connectivity index (χ2v) is 26.8. The van der Waals surface area contributed by atoms with E-state index < -0.39 is 59.9 Å².